The Morgan fingerprint density at radius 3 is 2.31 bits per heavy atom. The molecule has 0 saturated carbocycles. The summed E-state index contributed by atoms with van der Waals surface area (Å²) < 4.78 is 37.0. The molecule has 0 saturated heterocycles. The van der Waals surface area contributed by atoms with E-state index in [1.165, 1.54) is 25.1 Å². The number of hydrogen-bond acceptors (Lipinski definition) is 7. The van der Waals surface area contributed by atoms with Crippen molar-refractivity contribution in [2.24, 2.45) is 0 Å². The molecule has 1 amide bonds. The van der Waals surface area contributed by atoms with E-state index >= 15 is 0 Å². The fourth-order valence-corrected chi connectivity index (χ4v) is 4.49. The Balaban J connectivity index is 1.65. The van der Waals surface area contributed by atoms with Gasteiger partial charge >= 0.3 is 0 Å². The maximum Gasteiger partial charge on any atom is 0.274 e. The lowest BCUT2D eigenvalue weighted by molar-refractivity contribution is -0.385. The summed E-state index contributed by atoms with van der Waals surface area (Å²) in [5.74, 6) is 0.871. The second kappa shape index (κ2) is 11.5. The minimum atomic E-state index is -3.74. The normalized spacial score (nSPS) is 11.0. The Bertz CT molecular complexity index is 1340. The maximum absolute atomic E-state index is 12.5. The molecule has 3 aromatic carbocycles. The van der Waals surface area contributed by atoms with Crippen LogP contribution < -0.4 is 19.1 Å². The molecule has 0 atom stereocenters. The number of hydrogen-bond donors (Lipinski definition) is 1. The van der Waals surface area contributed by atoms with Crippen molar-refractivity contribution in [2.75, 3.05) is 30.8 Å². The fraction of sp³-hybridized carbons (Fsp3) is 0.240. The van der Waals surface area contributed by atoms with Crippen molar-refractivity contribution in [1.82, 2.24) is 5.32 Å². The van der Waals surface area contributed by atoms with Gasteiger partial charge in [0.2, 0.25) is 10.0 Å². The molecule has 0 aliphatic rings. The largest absolute Gasteiger partial charge is 0.493 e. The number of carbonyl (C=O) groups is 1. The Labute approximate surface area is 209 Å². The van der Waals surface area contributed by atoms with Crippen molar-refractivity contribution in [3.05, 3.63) is 93.5 Å². The van der Waals surface area contributed by atoms with Crippen LogP contribution in [0.1, 0.15) is 21.5 Å². The highest BCUT2D eigenvalue weighted by Gasteiger charge is 2.24. The SMILES string of the molecule is COc1ccccc1OCCNC(=O)c1ccc(CN(c2cccc([N+](=O)[O-])c2C)S(C)(=O)=O)cc1. The van der Waals surface area contributed by atoms with Crippen molar-refractivity contribution in [2.45, 2.75) is 13.5 Å². The van der Waals surface area contributed by atoms with Crippen molar-refractivity contribution >= 4 is 27.3 Å². The number of sulfonamides is 1. The van der Waals surface area contributed by atoms with E-state index in [1.54, 1.807) is 43.5 Å². The van der Waals surface area contributed by atoms with E-state index < -0.39 is 14.9 Å². The maximum atomic E-state index is 12.5. The number of benzene rings is 3. The summed E-state index contributed by atoms with van der Waals surface area (Å²) in [5, 5.41) is 14.1. The van der Waals surface area contributed by atoms with Crippen LogP contribution in [-0.4, -0.2) is 45.8 Å². The highest BCUT2D eigenvalue weighted by Crippen LogP contribution is 2.31. The third-order valence-electron chi connectivity index (χ3n) is 5.40. The van der Waals surface area contributed by atoms with Gasteiger partial charge in [0, 0.05) is 11.6 Å². The van der Waals surface area contributed by atoms with Gasteiger partial charge in [-0.1, -0.05) is 30.3 Å². The second-order valence-electron chi connectivity index (χ2n) is 7.90. The van der Waals surface area contributed by atoms with Gasteiger partial charge < -0.3 is 14.8 Å². The lowest BCUT2D eigenvalue weighted by atomic mass is 10.1. The molecule has 36 heavy (non-hydrogen) atoms. The number of carbonyl (C=O) groups excluding carboxylic acids is 1. The van der Waals surface area contributed by atoms with Crippen molar-refractivity contribution < 1.29 is 27.6 Å². The summed E-state index contributed by atoms with van der Waals surface area (Å²) in [5.41, 5.74) is 1.32. The molecule has 0 radical (unpaired) electrons. The quantitative estimate of drug-likeness (QED) is 0.235. The van der Waals surface area contributed by atoms with E-state index in [2.05, 4.69) is 5.32 Å². The van der Waals surface area contributed by atoms with E-state index in [0.717, 1.165) is 10.6 Å². The van der Waals surface area contributed by atoms with Gasteiger partial charge in [0.05, 0.1) is 42.6 Å². The van der Waals surface area contributed by atoms with Gasteiger partial charge in [-0.2, -0.15) is 0 Å². The second-order valence-corrected chi connectivity index (χ2v) is 9.81. The monoisotopic (exact) mass is 513 g/mol. The van der Waals surface area contributed by atoms with Crippen LogP contribution in [0, 0.1) is 17.0 Å². The number of para-hydroxylation sites is 2. The number of nitro groups is 1. The third-order valence-corrected chi connectivity index (χ3v) is 6.53. The zero-order chi connectivity index (χ0) is 26.3. The molecule has 3 rings (SSSR count). The molecule has 3 aromatic rings. The Morgan fingerprint density at radius 1 is 1.03 bits per heavy atom. The average Bonchev–Trinajstić information content (AvgIpc) is 2.85. The van der Waals surface area contributed by atoms with Crippen LogP contribution in [0.2, 0.25) is 0 Å². The molecule has 11 heteroatoms. The number of nitrogens with zero attached hydrogens (tertiary/aromatic N) is 2. The van der Waals surface area contributed by atoms with E-state index in [0.29, 0.717) is 22.6 Å². The topological polar surface area (TPSA) is 128 Å². The fourth-order valence-electron chi connectivity index (χ4n) is 3.55. The molecule has 0 heterocycles. The van der Waals surface area contributed by atoms with Crippen LogP contribution in [0.15, 0.2) is 66.7 Å². The van der Waals surface area contributed by atoms with E-state index in [1.807, 2.05) is 12.1 Å². The van der Waals surface area contributed by atoms with E-state index in [9.17, 15) is 23.3 Å². The molecule has 0 spiro atoms. The van der Waals surface area contributed by atoms with Crippen LogP contribution in [0.5, 0.6) is 11.5 Å². The molecule has 0 fully saturated rings. The highest BCUT2D eigenvalue weighted by molar-refractivity contribution is 7.92. The highest BCUT2D eigenvalue weighted by atomic mass is 32.2. The van der Waals surface area contributed by atoms with Gasteiger partial charge in [0.1, 0.15) is 6.61 Å². The van der Waals surface area contributed by atoms with Gasteiger partial charge in [-0.25, -0.2) is 8.42 Å². The van der Waals surface area contributed by atoms with Crippen molar-refractivity contribution in [3.63, 3.8) is 0 Å². The first-order chi connectivity index (χ1) is 17.1. The zero-order valence-electron chi connectivity index (χ0n) is 20.1. The number of nitrogens with one attached hydrogen (secondary N) is 1. The Hall–Kier alpha value is -4.12. The molecule has 0 aliphatic carbocycles. The lowest BCUT2D eigenvalue weighted by Gasteiger charge is -2.24. The molecule has 10 nitrogen and oxygen atoms in total. The number of methoxy groups -OCH3 is 1. The minimum absolute atomic E-state index is 0.0461. The van der Waals surface area contributed by atoms with E-state index in [4.69, 9.17) is 9.47 Å². The summed E-state index contributed by atoms with van der Waals surface area (Å²) in [7, 11) is -2.19. The molecular weight excluding hydrogens is 486 g/mol. The van der Waals surface area contributed by atoms with E-state index in [-0.39, 0.29) is 42.5 Å². The van der Waals surface area contributed by atoms with Crippen LogP contribution in [0.3, 0.4) is 0 Å². The standard InChI is InChI=1S/C25H27N3O7S/c1-18-21(7-6-8-22(18)28(30)31)27(36(3,32)33)17-19-11-13-20(14-12-19)25(29)26-15-16-35-24-10-5-4-9-23(24)34-2/h4-14H,15-17H2,1-3H3,(H,26,29). The Morgan fingerprint density at radius 2 is 1.69 bits per heavy atom. The summed E-state index contributed by atoms with van der Waals surface area (Å²) >= 11 is 0. The minimum Gasteiger partial charge on any atom is -0.493 e. The molecule has 0 aromatic heterocycles. The predicted molar refractivity (Wildman–Crippen MR) is 136 cm³/mol. The molecule has 190 valence electrons. The van der Waals surface area contributed by atoms with Gasteiger partial charge in [-0.05, 0) is 42.8 Å². The van der Waals surface area contributed by atoms with Gasteiger partial charge in [-0.3, -0.25) is 19.2 Å². The predicted octanol–water partition coefficient (Wildman–Crippen LogP) is 3.69. The van der Waals surface area contributed by atoms with Crippen LogP contribution >= 0.6 is 0 Å². The molecular formula is C25H27N3O7S. The van der Waals surface area contributed by atoms with Gasteiger partial charge in [0.25, 0.3) is 11.6 Å². The third kappa shape index (κ3) is 6.51. The number of rotatable bonds is 11. The van der Waals surface area contributed by atoms with Crippen molar-refractivity contribution in [1.29, 1.82) is 0 Å². The molecule has 0 aliphatic heterocycles. The van der Waals surface area contributed by atoms with Gasteiger partial charge in [0.15, 0.2) is 11.5 Å². The first-order valence-electron chi connectivity index (χ1n) is 11.0. The number of anilines is 1. The van der Waals surface area contributed by atoms with Crippen LogP contribution in [-0.2, 0) is 16.6 Å². The summed E-state index contributed by atoms with van der Waals surface area (Å²) in [6.07, 6.45) is 1.04. The number of amides is 1. The summed E-state index contributed by atoms with van der Waals surface area (Å²) in [6, 6.07) is 18.0. The van der Waals surface area contributed by atoms with Crippen molar-refractivity contribution in [3.8, 4) is 11.5 Å². The van der Waals surface area contributed by atoms with Crippen LogP contribution in [0.4, 0.5) is 11.4 Å². The zero-order valence-corrected chi connectivity index (χ0v) is 20.9. The first-order valence-corrected chi connectivity index (χ1v) is 12.8. The lowest BCUT2D eigenvalue weighted by Crippen LogP contribution is -2.30. The smallest absolute Gasteiger partial charge is 0.274 e. The Kier molecular flexibility index (Phi) is 8.49. The summed E-state index contributed by atoms with van der Waals surface area (Å²) in [6.45, 7) is 1.98. The average molecular weight is 514 g/mol. The molecule has 0 bridgehead atoms. The number of ether oxygens (including phenoxy) is 2. The molecule has 0 unspecified atom stereocenters. The summed E-state index contributed by atoms with van der Waals surface area (Å²) in [4.78, 5) is 23.2. The van der Waals surface area contributed by atoms with Crippen LogP contribution in [0.25, 0.3) is 0 Å². The first kappa shape index (κ1) is 26.5. The van der Waals surface area contributed by atoms with Gasteiger partial charge in [-0.15, -0.1) is 0 Å². The molecule has 1 N–H and O–H groups in total. The number of nitro benzene ring substituents is 1.